The Labute approximate surface area is 115 Å². The van der Waals surface area contributed by atoms with Crippen LogP contribution in [0.4, 0.5) is 0 Å². The van der Waals surface area contributed by atoms with E-state index in [9.17, 15) is 0 Å². The summed E-state index contributed by atoms with van der Waals surface area (Å²) in [6.07, 6.45) is 3.01. The normalized spacial score (nSPS) is 14.6. The van der Waals surface area contributed by atoms with E-state index in [0.717, 1.165) is 6.42 Å². The van der Waals surface area contributed by atoms with Crippen molar-refractivity contribution in [2.45, 2.75) is 18.8 Å². The lowest BCUT2D eigenvalue weighted by atomic mass is 9.74. The molecule has 1 aliphatic rings. The lowest BCUT2D eigenvalue weighted by Crippen LogP contribution is -2.22. The zero-order valence-corrected chi connectivity index (χ0v) is 11.3. The van der Waals surface area contributed by atoms with Crippen LogP contribution in [0.1, 0.15) is 24.5 Å². The van der Waals surface area contributed by atoms with E-state index in [0.29, 0.717) is 0 Å². The maximum absolute atomic E-state index is 4.12. The molecule has 0 unspecified atom stereocenters. The van der Waals surface area contributed by atoms with Gasteiger partial charge in [-0.25, -0.2) is 0 Å². The summed E-state index contributed by atoms with van der Waals surface area (Å²) in [4.78, 5) is 0. The van der Waals surface area contributed by atoms with Crippen molar-refractivity contribution >= 4 is 0 Å². The summed E-state index contributed by atoms with van der Waals surface area (Å²) in [5.41, 5.74) is 6.45. The molecule has 0 amide bonds. The van der Waals surface area contributed by atoms with Gasteiger partial charge in [-0.1, -0.05) is 60.2 Å². The fraction of sp³-hybridized carbons (Fsp3) is 0.158. The van der Waals surface area contributed by atoms with Gasteiger partial charge in [0, 0.05) is 5.41 Å². The van der Waals surface area contributed by atoms with Gasteiger partial charge in [0.15, 0.2) is 0 Å². The van der Waals surface area contributed by atoms with Crippen LogP contribution in [0.15, 0.2) is 73.3 Å². The maximum Gasteiger partial charge on any atom is 0.0428 e. The van der Waals surface area contributed by atoms with Gasteiger partial charge in [-0.3, -0.25) is 0 Å². The van der Waals surface area contributed by atoms with E-state index in [1.165, 1.54) is 27.8 Å². The van der Waals surface area contributed by atoms with Gasteiger partial charge in [0.25, 0.3) is 0 Å². The van der Waals surface area contributed by atoms with E-state index in [1.54, 1.807) is 0 Å². The van der Waals surface area contributed by atoms with Crippen molar-refractivity contribution < 1.29 is 0 Å². The Bertz CT molecular complexity index is 616. The predicted octanol–water partition coefficient (Wildman–Crippen LogP) is 5.11. The third-order valence-corrected chi connectivity index (χ3v) is 4.03. The average molecular weight is 246 g/mol. The molecule has 3 rings (SSSR count). The van der Waals surface area contributed by atoms with Crippen LogP contribution in [-0.4, -0.2) is 0 Å². The summed E-state index contributed by atoms with van der Waals surface area (Å²) >= 11 is 0. The number of hydrogen-bond donors (Lipinski definition) is 0. The van der Waals surface area contributed by atoms with E-state index in [4.69, 9.17) is 0 Å². The van der Waals surface area contributed by atoms with Gasteiger partial charge < -0.3 is 0 Å². The van der Waals surface area contributed by atoms with Crippen LogP contribution in [-0.2, 0) is 5.41 Å². The molecule has 2 aromatic carbocycles. The van der Waals surface area contributed by atoms with E-state index in [1.807, 2.05) is 0 Å². The van der Waals surface area contributed by atoms with E-state index in [-0.39, 0.29) is 5.41 Å². The topological polar surface area (TPSA) is 0 Å². The van der Waals surface area contributed by atoms with Crippen molar-refractivity contribution in [1.82, 2.24) is 0 Å². The molecular formula is C19H18. The molecule has 0 aromatic heterocycles. The van der Waals surface area contributed by atoms with Crippen molar-refractivity contribution in [1.29, 1.82) is 0 Å². The lowest BCUT2D eigenvalue weighted by Gasteiger charge is -2.28. The highest BCUT2D eigenvalue weighted by Crippen LogP contribution is 2.52. The molecule has 19 heavy (non-hydrogen) atoms. The van der Waals surface area contributed by atoms with Crippen LogP contribution in [0.25, 0.3) is 11.1 Å². The van der Waals surface area contributed by atoms with Gasteiger partial charge in [0.1, 0.15) is 0 Å². The lowest BCUT2D eigenvalue weighted by molar-refractivity contribution is 0.653. The van der Waals surface area contributed by atoms with Crippen LogP contribution in [0.5, 0.6) is 0 Å². The summed E-state index contributed by atoms with van der Waals surface area (Å²) in [7, 11) is 0. The fourth-order valence-corrected chi connectivity index (χ4v) is 3.32. The highest BCUT2D eigenvalue weighted by Gasteiger charge is 2.40. The standard InChI is InChI=1S/C19H18/c1-4-19(13-14(2)3)17-11-7-5-9-15(17)16-10-6-8-12-18(16)19/h4-12H,1-2,13H2,3H3. The van der Waals surface area contributed by atoms with Crippen molar-refractivity contribution in [3.05, 3.63) is 84.5 Å². The third kappa shape index (κ3) is 1.60. The molecule has 0 heteroatoms. The second-order valence-corrected chi connectivity index (χ2v) is 5.40. The number of allylic oxidation sites excluding steroid dienone is 2. The smallest absolute Gasteiger partial charge is 0.0428 e. The van der Waals surface area contributed by atoms with Crippen LogP contribution in [0.3, 0.4) is 0 Å². The molecule has 0 saturated carbocycles. The van der Waals surface area contributed by atoms with Crippen LogP contribution >= 0.6 is 0 Å². The molecule has 0 radical (unpaired) electrons. The second-order valence-electron chi connectivity index (χ2n) is 5.40. The first-order valence-electron chi connectivity index (χ1n) is 6.66. The monoisotopic (exact) mass is 246 g/mol. The first-order chi connectivity index (χ1) is 9.19. The summed E-state index contributed by atoms with van der Waals surface area (Å²) in [6, 6.07) is 17.3. The van der Waals surface area contributed by atoms with Gasteiger partial charge in [-0.05, 0) is 35.6 Å². The van der Waals surface area contributed by atoms with Crippen LogP contribution in [0.2, 0.25) is 0 Å². The molecule has 0 spiro atoms. The first kappa shape index (κ1) is 12.0. The molecule has 0 saturated heterocycles. The van der Waals surface area contributed by atoms with Gasteiger partial charge >= 0.3 is 0 Å². The number of hydrogen-bond acceptors (Lipinski definition) is 0. The Hall–Kier alpha value is -2.08. The third-order valence-electron chi connectivity index (χ3n) is 4.03. The van der Waals surface area contributed by atoms with Crippen LogP contribution < -0.4 is 0 Å². The minimum atomic E-state index is -0.112. The minimum absolute atomic E-state index is 0.112. The minimum Gasteiger partial charge on any atom is -0.102 e. The Kier molecular flexibility index (Phi) is 2.67. The van der Waals surface area contributed by atoms with Gasteiger partial charge in [0.2, 0.25) is 0 Å². The predicted molar refractivity (Wildman–Crippen MR) is 82.3 cm³/mol. The largest absolute Gasteiger partial charge is 0.102 e. The number of benzene rings is 2. The molecular weight excluding hydrogens is 228 g/mol. The van der Waals surface area contributed by atoms with Crippen molar-refractivity contribution in [2.24, 2.45) is 0 Å². The fourth-order valence-electron chi connectivity index (χ4n) is 3.32. The molecule has 94 valence electrons. The van der Waals surface area contributed by atoms with E-state index >= 15 is 0 Å². The van der Waals surface area contributed by atoms with Gasteiger partial charge in [-0.2, -0.15) is 0 Å². The van der Waals surface area contributed by atoms with Crippen LogP contribution in [0, 0.1) is 0 Å². The molecule has 0 atom stereocenters. The van der Waals surface area contributed by atoms with Gasteiger partial charge in [-0.15, -0.1) is 13.2 Å². The number of rotatable bonds is 3. The van der Waals surface area contributed by atoms with Crippen molar-refractivity contribution in [3.8, 4) is 11.1 Å². The SMILES string of the molecule is C=CC1(CC(=C)C)c2ccccc2-c2ccccc21. The second kappa shape index (κ2) is 4.24. The van der Waals surface area contributed by atoms with E-state index in [2.05, 4.69) is 74.7 Å². The Morgan fingerprint density at radius 2 is 1.47 bits per heavy atom. The first-order valence-corrected chi connectivity index (χ1v) is 6.66. The van der Waals surface area contributed by atoms with E-state index < -0.39 is 0 Å². The molecule has 1 aliphatic carbocycles. The molecule has 0 N–H and O–H groups in total. The molecule has 0 aliphatic heterocycles. The maximum atomic E-state index is 4.12. The van der Waals surface area contributed by atoms with Crippen molar-refractivity contribution in [3.63, 3.8) is 0 Å². The molecule has 2 aromatic rings. The molecule has 0 fully saturated rings. The highest BCUT2D eigenvalue weighted by atomic mass is 14.4. The van der Waals surface area contributed by atoms with Gasteiger partial charge in [0.05, 0.1) is 0 Å². The summed E-state index contributed by atoms with van der Waals surface area (Å²) in [6.45, 7) is 10.3. The number of fused-ring (bicyclic) bond motifs is 3. The highest BCUT2D eigenvalue weighted by molar-refractivity contribution is 5.82. The zero-order chi connectivity index (χ0) is 13.5. The summed E-state index contributed by atoms with van der Waals surface area (Å²) < 4.78 is 0. The Morgan fingerprint density at radius 3 is 1.89 bits per heavy atom. The summed E-state index contributed by atoms with van der Waals surface area (Å²) in [5.74, 6) is 0. The quantitative estimate of drug-likeness (QED) is 0.660. The Balaban J connectivity index is 2.35. The Morgan fingerprint density at radius 1 is 1.00 bits per heavy atom. The summed E-state index contributed by atoms with van der Waals surface area (Å²) in [5, 5.41) is 0. The molecule has 0 bridgehead atoms. The van der Waals surface area contributed by atoms with Crippen molar-refractivity contribution in [2.75, 3.05) is 0 Å². The zero-order valence-electron chi connectivity index (χ0n) is 11.3. The average Bonchev–Trinajstić information content (AvgIpc) is 2.71. The molecule has 0 heterocycles. The molecule has 0 nitrogen and oxygen atoms in total.